The first kappa shape index (κ1) is 11.9. The summed E-state index contributed by atoms with van der Waals surface area (Å²) in [7, 11) is 0. The molecule has 0 aromatic heterocycles. The van der Waals surface area contributed by atoms with Crippen molar-refractivity contribution < 1.29 is 19.1 Å². The fourth-order valence-corrected chi connectivity index (χ4v) is 0.972. The zero-order valence-electron chi connectivity index (χ0n) is 8.90. The van der Waals surface area contributed by atoms with Crippen molar-refractivity contribution in [3.05, 3.63) is 0 Å². The Kier molecular flexibility index (Phi) is 6.05. The largest absolute Gasteiger partial charge is 0.377 e. The van der Waals surface area contributed by atoms with Crippen molar-refractivity contribution >= 4 is 0 Å². The number of hydroxylamine groups is 2. The Morgan fingerprint density at radius 1 is 1.29 bits per heavy atom. The molecule has 1 aliphatic rings. The third-order valence-electron chi connectivity index (χ3n) is 1.67. The second kappa shape index (κ2) is 7.14. The molecule has 1 rings (SSSR count). The maximum absolute atomic E-state index is 5.35. The molecule has 1 fully saturated rings. The van der Waals surface area contributed by atoms with Gasteiger partial charge in [-0.05, 0) is 13.8 Å². The molecule has 84 valence electrons. The lowest BCUT2D eigenvalue weighted by Crippen LogP contribution is -2.28. The average Bonchev–Trinajstić information content (AvgIpc) is 2.96. The van der Waals surface area contributed by atoms with E-state index in [1.807, 2.05) is 13.8 Å². The predicted molar refractivity (Wildman–Crippen MR) is 50.5 cm³/mol. The molecule has 0 saturated carbocycles. The molecule has 0 amide bonds. The van der Waals surface area contributed by atoms with E-state index in [1.54, 1.807) is 0 Å². The molecular formula is C9H19NO4. The van der Waals surface area contributed by atoms with Crippen LogP contribution in [0.2, 0.25) is 0 Å². The van der Waals surface area contributed by atoms with Crippen LogP contribution in [0.25, 0.3) is 0 Å². The van der Waals surface area contributed by atoms with Crippen molar-refractivity contribution in [1.82, 2.24) is 5.23 Å². The number of rotatable bonds is 9. The van der Waals surface area contributed by atoms with Crippen LogP contribution in [0.5, 0.6) is 0 Å². The molecular weight excluding hydrogens is 186 g/mol. The Balaban J connectivity index is 1.93. The zero-order chi connectivity index (χ0) is 10.2. The molecule has 1 saturated heterocycles. The molecule has 0 spiro atoms. The predicted octanol–water partition coefficient (Wildman–Crippen LogP) is 0.607. The van der Waals surface area contributed by atoms with Gasteiger partial charge in [-0.3, -0.25) is 9.68 Å². The van der Waals surface area contributed by atoms with Gasteiger partial charge in [0.05, 0.1) is 39.6 Å². The summed E-state index contributed by atoms with van der Waals surface area (Å²) in [5.74, 6) is 0. The monoisotopic (exact) mass is 205 g/mol. The van der Waals surface area contributed by atoms with Gasteiger partial charge in [0.1, 0.15) is 6.10 Å². The van der Waals surface area contributed by atoms with E-state index in [-0.39, 0.29) is 0 Å². The fraction of sp³-hybridized carbons (Fsp3) is 1.00. The van der Waals surface area contributed by atoms with E-state index in [4.69, 9.17) is 19.1 Å². The summed E-state index contributed by atoms with van der Waals surface area (Å²) in [5, 5.41) is 1.47. The van der Waals surface area contributed by atoms with Crippen LogP contribution < -0.4 is 0 Å². The van der Waals surface area contributed by atoms with Gasteiger partial charge >= 0.3 is 0 Å². The standard InChI is InChI=1S/C9H19NO4/c1-3-13-10(14-4-2)5-6-11-7-9-8-12-9/h9H,3-8H2,1-2H3. The van der Waals surface area contributed by atoms with E-state index in [2.05, 4.69) is 0 Å². The van der Waals surface area contributed by atoms with Crippen LogP contribution in [-0.4, -0.2) is 50.9 Å². The third-order valence-corrected chi connectivity index (χ3v) is 1.67. The molecule has 14 heavy (non-hydrogen) atoms. The van der Waals surface area contributed by atoms with E-state index < -0.39 is 0 Å². The number of ether oxygens (including phenoxy) is 2. The van der Waals surface area contributed by atoms with Crippen LogP contribution in [0.4, 0.5) is 0 Å². The van der Waals surface area contributed by atoms with Gasteiger partial charge in [-0.2, -0.15) is 0 Å². The number of hydrogen-bond donors (Lipinski definition) is 0. The highest BCUT2D eigenvalue weighted by Crippen LogP contribution is 2.08. The third kappa shape index (κ3) is 5.51. The van der Waals surface area contributed by atoms with Gasteiger partial charge in [-0.25, -0.2) is 0 Å². The Labute approximate surface area is 84.8 Å². The van der Waals surface area contributed by atoms with Crippen molar-refractivity contribution in [2.24, 2.45) is 0 Å². The molecule has 0 aliphatic carbocycles. The molecule has 5 nitrogen and oxygen atoms in total. The van der Waals surface area contributed by atoms with Crippen LogP contribution in [0.1, 0.15) is 13.8 Å². The molecule has 0 bridgehead atoms. The smallest absolute Gasteiger partial charge is 0.104 e. The molecule has 0 N–H and O–H groups in total. The summed E-state index contributed by atoms with van der Waals surface area (Å²) >= 11 is 0. The maximum atomic E-state index is 5.35. The topological polar surface area (TPSA) is 43.5 Å². The first-order valence-corrected chi connectivity index (χ1v) is 5.09. The SMILES string of the molecule is CCON(CCOCC1CO1)OCC. The van der Waals surface area contributed by atoms with E-state index in [0.717, 1.165) is 6.61 Å². The Bertz CT molecular complexity index is 135. The van der Waals surface area contributed by atoms with Gasteiger partial charge in [0, 0.05) is 0 Å². The van der Waals surface area contributed by atoms with Gasteiger partial charge in [0.15, 0.2) is 0 Å². The lowest BCUT2D eigenvalue weighted by atomic mass is 10.5. The Hall–Kier alpha value is -0.200. The van der Waals surface area contributed by atoms with Crippen molar-refractivity contribution in [3.63, 3.8) is 0 Å². The van der Waals surface area contributed by atoms with Gasteiger partial charge in [-0.1, -0.05) is 5.23 Å². The van der Waals surface area contributed by atoms with Crippen LogP contribution in [0, 0.1) is 0 Å². The molecule has 0 aromatic rings. The molecule has 1 aliphatic heterocycles. The summed E-state index contributed by atoms with van der Waals surface area (Å²) < 4.78 is 10.4. The first-order chi connectivity index (χ1) is 6.86. The first-order valence-electron chi connectivity index (χ1n) is 5.09. The maximum Gasteiger partial charge on any atom is 0.104 e. The highest BCUT2D eigenvalue weighted by atomic mass is 16.9. The van der Waals surface area contributed by atoms with Crippen molar-refractivity contribution in [1.29, 1.82) is 0 Å². The van der Waals surface area contributed by atoms with Crippen LogP contribution in [0.15, 0.2) is 0 Å². The minimum absolute atomic E-state index is 0.322. The van der Waals surface area contributed by atoms with Gasteiger partial charge in [0.25, 0.3) is 0 Å². The number of nitrogens with zero attached hydrogens (tertiary/aromatic N) is 1. The number of hydrogen-bond acceptors (Lipinski definition) is 5. The molecule has 5 heteroatoms. The van der Waals surface area contributed by atoms with E-state index >= 15 is 0 Å². The van der Waals surface area contributed by atoms with Gasteiger partial charge in [-0.15, -0.1) is 0 Å². The Morgan fingerprint density at radius 2 is 1.93 bits per heavy atom. The quantitative estimate of drug-likeness (QED) is 0.313. The summed E-state index contributed by atoms with van der Waals surface area (Å²) in [6.45, 7) is 7.77. The summed E-state index contributed by atoms with van der Waals surface area (Å²) in [6, 6.07) is 0. The highest BCUT2D eigenvalue weighted by Gasteiger charge is 2.22. The lowest BCUT2D eigenvalue weighted by molar-refractivity contribution is -0.367. The normalized spacial score (nSPS) is 20.4. The average molecular weight is 205 g/mol. The summed E-state index contributed by atoms with van der Waals surface area (Å²) in [6.07, 6.45) is 0.322. The minimum atomic E-state index is 0.322. The second-order valence-electron chi connectivity index (χ2n) is 2.92. The molecule has 0 radical (unpaired) electrons. The summed E-state index contributed by atoms with van der Waals surface area (Å²) in [4.78, 5) is 10.4. The second-order valence-corrected chi connectivity index (χ2v) is 2.92. The van der Waals surface area contributed by atoms with Crippen LogP contribution in [0.3, 0.4) is 0 Å². The number of epoxide rings is 1. The van der Waals surface area contributed by atoms with Crippen molar-refractivity contribution in [2.45, 2.75) is 20.0 Å². The fourth-order valence-electron chi connectivity index (χ4n) is 0.972. The summed E-state index contributed by atoms with van der Waals surface area (Å²) in [5.41, 5.74) is 0. The zero-order valence-corrected chi connectivity index (χ0v) is 8.90. The highest BCUT2D eigenvalue weighted by molar-refractivity contribution is 4.66. The van der Waals surface area contributed by atoms with Gasteiger partial charge < -0.3 is 9.47 Å². The van der Waals surface area contributed by atoms with Crippen LogP contribution >= 0.6 is 0 Å². The van der Waals surface area contributed by atoms with E-state index in [0.29, 0.717) is 39.1 Å². The molecule has 1 atom stereocenters. The molecule has 1 heterocycles. The van der Waals surface area contributed by atoms with Crippen LogP contribution in [-0.2, 0) is 19.1 Å². The van der Waals surface area contributed by atoms with E-state index in [9.17, 15) is 0 Å². The van der Waals surface area contributed by atoms with Crippen molar-refractivity contribution in [2.75, 3.05) is 39.6 Å². The van der Waals surface area contributed by atoms with Crippen molar-refractivity contribution in [3.8, 4) is 0 Å². The van der Waals surface area contributed by atoms with E-state index in [1.165, 1.54) is 5.23 Å². The molecule has 1 unspecified atom stereocenters. The molecule has 0 aromatic carbocycles. The lowest BCUT2D eigenvalue weighted by Gasteiger charge is -2.18. The Morgan fingerprint density at radius 3 is 2.43 bits per heavy atom. The van der Waals surface area contributed by atoms with Gasteiger partial charge in [0.2, 0.25) is 0 Å². The minimum Gasteiger partial charge on any atom is -0.377 e.